The monoisotopic (exact) mass is 1630 g/mol. The van der Waals surface area contributed by atoms with Crippen LogP contribution >= 0.6 is 0 Å². The predicted molar refractivity (Wildman–Crippen MR) is 537 cm³/mol. The number of fused-ring (bicyclic) bond motifs is 23. The molecule has 0 unspecified atom stereocenters. The van der Waals surface area contributed by atoms with Gasteiger partial charge >= 0.3 is 0 Å². The minimum atomic E-state index is 0.658. The Kier molecular flexibility index (Phi) is 18.1. The molecule has 4 heterocycles. The smallest absolute Gasteiger partial charge is 0.164 e. The van der Waals surface area contributed by atoms with Crippen LogP contribution in [0.15, 0.2) is 425 Å². The Morgan fingerprint density at radius 3 is 0.648 bits per heavy atom. The molecule has 128 heavy (non-hydrogen) atoms. The van der Waals surface area contributed by atoms with Crippen LogP contribution in [0.5, 0.6) is 0 Å². The fraction of sp³-hybridized carbons (Fsp3) is 0.0252. The van der Waals surface area contributed by atoms with Crippen molar-refractivity contribution in [1.82, 2.24) is 43.6 Å². The summed E-state index contributed by atoms with van der Waals surface area (Å²) >= 11 is 0. The zero-order valence-electron chi connectivity index (χ0n) is 70.4. The van der Waals surface area contributed by atoms with Gasteiger partial charge in [-0.25, -0.2) is 29.9 Å². The number of hydrogen-bond donors (Lipinski definition) is 0. The summed E-state index contributed by atoms with van der Waals surface area (Å²) in [4.78, 5) is 30.1. The highest BCUT2D eigenvalue weighted by atomic mass is 15.1. The van der Waals surface area contributed by atoms with Crippen molar-refractivity contribution in [2.45, 2.75) is 0 Å². The van der Waals surface area contributed by atoms with E-state index in [2.05, 4.69) is 441 Å². The topological polar surface area (TPSA) is 92.1 Å². The highest BCUT2D eigenvalue weighted by Crippen LogP contribution is 2.44. The molecule has 26 aromatic rings. The van der Waals surface area contributed by atoms with E-state index in [4.69, 9.17) is 29.9 Å². The lowest BCUT2D eigenvalue weighted by molar-refractivity contribution is 0.959. The number of aryl methyl sites for hydroxylation is 3. The summed E-state index contributed by atoms with van der Waals surface area (Å²) in [5.41, 5.74) is 19.8. The maximum atomic E-state index is 5.10. The van der Waals surface area contributed by atoms with Crippen LogP contribution < -0.4 is 0 Å². The Hall–Kier alpha value is -16.9. The Morgan fingerprint density at radius 2 is 0.352 bits per heavy atom. The average molecular weight is 1640 g/mol. The van der Waals surface area contributed by atoms with E-state index in [0.29, 0.717) is 17.5 Å². The number of para-hydroxylation sites is 6. The lowest BCUT2D eigenvalue weighted by Crippen LogP contribution is -2.00. The predicted octanol–water partition coefficient (Wildman–Crippen LogP) is 30.6. The molecule has 0 amide bonds. The van der Waals surface area contributed by atoms with Crippen molar-refractivity contribution in [3.05, 3.63) is 425 Å². The molecule has 0 aliphatic rings. The molecule has 0 atom stereocenters. The number of nitrogens with zero attached hydrogens (tertiary/aromatic N) is 9. The molecule has 0 saturated heterocycles. The molecule has 9 nitrogen and oxygen atoms in total. The van der Waals surface area contributed by atoms with Crippen LogP contribution in [-0.4, -0.2) is 43.6 Å². The third kappa shape index (κ3) is 13.0. The Labute approximate surface area is 737 Å². The summed E-state index contributed by atoms with van der Waals surface area (Å²) in [5, 5.41) is 27.4. The highest BCUT2D eigenvalue weighted by Gasteiger charge is 2.21. The second-order valence-corrected chi connectivity index (χ2v) is 33.4. The quantitative estimate of drug-likeness (QED) is 0.134. The van der Waals surface area contributed by atoms with Gasteiger partial charge < -0.3 is 13.7 Å². The summed E-state index contributed by atoms with van der Waals surface area (Å²) in [6.07, 6.45) is 0. The molecular weight excluding hydrogens is 1560 g/mol. The van der Waals surface area contributed by atoms with E-state index >= 15 is 0 Å². The van der Waals surface area contributed by atoms with E-state index in [9.17, 15) is 0 Å². The summed E-state index contributed by atoms with van der Waals surface area (Å²) in [6, 6.07) is 152. The van der Waals surface area contributed by atoms with Crippen molar-refractivity contribution in [2.75, 3.05) is 0 Å². The largest absolute Gasteiger partial charge is 0.327 e. The molecule has 0 aliphatic heterocycles. The molecule has 0 radical (unpaired) electrons. The first-order valence-corrected chi connectivity index (χ1v) is 43.5. The van der Waals surface area contributed by atoms with E-state index in [1.807, 2.05) is 18.2 Å². The minimum absolute atomic E-state index is 0.658. The molecule has 0 bridgehead atoms. The van der Waals surface area contributed by atoms with Gasteiger partial charge in [0.25, 0.3) is 0 Å². The first kappa shape index (κ1) is 74.9. The summed E-state index contributed by atoms with van der Waals surface area (Å²) in [5.74, 6) is 4.91. The summed E-state index contributed by atoms with van der Waals surface area (Å²) in [7, 11) is 6.27. The van der Waals surface area contributed by atoms with Gasteiger partial charge in [0, 0.05) is 54.5 Å². The van der Waals surface area contributed by atoms with Gasteiger partial charge in [0.15, 0.2) is 17.5 Å². The van der Waals surface area contributed by atoms with Gasteiger partial charge in [0.05, 0.1) is 33.1 Å². The van der Waals surface area contributed by atoms with Crippen molar-refractivity contribution in [1.29, 1.82) is 0 Å². The second-order valence-electron chi connectivity index (χ2n) is 33.4. The molecule has 0 aliphatic carbocycles. The summed E-state index contributed by atoms with van der Waals surface area (Å²) < 4.78 is 6.54. The van der Waals surface area contributed by atoms with Gasteiger partial charge in [-0.15, -0.1) is 0 Å². The van der Waals surface area contributed by atoms with Crippen LogP contribution in [0.4, 0.5) is 0 Å². The molecule has 0 saturated carbocycles. The van der Waals surface area contributed by atoms with Crippen LogP contribution in [0.25, 0.3) is 253 Å². The van der Waals surface area contributed by atoms with Gasteiger partial charge in [-0.1, -0.05) is 334 Å². The van der Waals surface area contributed by atoms with Crippen LogP contribution in [0.1, 0.15) is 0 Å². The molecule has 4 aromatic heterocycles. The van der Waals surface area contributed by atoms with Gasteiger partial charge in [0.1, 0.15) is 17.5 Å². The molecule has 0 fully saturated rings. The van der Waals surface area contributed by atoms with Gasteiger partial charge in [-0.2, -0.15) is 0 Å². The number of aromatic nitrogens is 9. The SMILES string of the molecule is Cn1c(-c2cccc(-c3ccc4c5ccc(-c6cccc(-c7nc8ccccc8n7C)c6)cc5c5ccccc5c4c3)c2)nc2ccccc21.Cn1c(-c2cccc(-c3ccc4c5ccccc5c5ccccc5c4c3)c2)nc2ccccc21.c1ccc2cc(-c3nc(-c4ccc5ccccc5c4)nc(-c4ccc5c6ccccc6c6ccccc6c5c4)n3)ccc2c1. The van der Waals surface area contributed by atoms with Gasteiger partial charge in [-0.05, 0) is 243 Å². The van der Waals surface area contributed by atoms with Crippen LogP contribution in [0.2, 0.25) is 0 Å². The molecule has 0 N–H and O–H groups in total. The van der Waals surface area contributed by atoms with Gasteiger partial charge in [-0.3, -0.25) is 0 Å². The second kappa shape index (κ2) is 30.9. The van der Waals surface area contributed by atoms with Crippen LogP contribution in [-0.2, 0) is 21.1 Å². The van der Waals surface area contributed by atoms with Crippen LogP contribution in [0.3, 0.4) is 0 Å². The highest BCUT2D eigenvalue weighted by molar-refractivity contribution is 6.29. The van der Waals surface area contributed by atoms with E-state index in [1.165, 1.54) is 141 Å². The number of imidazole rings is 3. The maximum Gasteiger partial charge on any atom is 0.164 e. The number of rotatable bonds is 9. The van der Waals surface area contributed by atoms with Gasteiger partial charge in [0.2, 0.25) is 0 Å². The van der Waals surface area contributed by atoms with Crippen molar-refractivity contribution in [3.63, 3.8) is 0 Å². The van der Waals surface area contributed by atoms with E-state index in [-0.39, 0.29) is 0 Å². The lowest BCUT2D eigenvalue weighted by atomic mass is 9.90. The first-order chi connectivity index (χ1) is 63.2. The van der Waals surface area contributed by atoms with Crippen molar-refractivity contribution < 1.29 is 0 Å². The normalized spacial score (nSPS) is 11.7. The summed E-state index contributed by atoms with van der Waals surface area (Å²) in [6.45, 7) is 0. The number of benzene rings is 22. The third-order valence-corrected chi connectivity index (χ3v) is 26.0. The standard InChI is InChI=1S/C46H32N4.C41H25N3.C32H22N2/c1-49-43-19-7-5-17-41(43)47-45(49)33-13-9-11-29(25-33)31-21-23-37-38-24-22-32(28-40(38)36-16-4-3-15-35(36)39(37)27-31)30-12-10-14-34(26-30)46-48-42-18-6-8-20-44(42)50(46)2;1-3-11-28-23-30(19-17-26(28)9-1)39-42-40(31-20-18-27-10-2-4-12-29(27)24-31)44-41(43-39)32-21-22-37-35-15-6-5-13-33(35)34-14-7-8-16-36(34)38(37)25-32;1-34-31-16-7-6-15-30(31)33-32(34)23-10-8-9-21(19-23)22-17-18-28-26-13-3-2-11-24(26)25-12-4-5-14-27(25)29(28)20-22/h3-28H,1-2H3;1-25H;2-20H,1H3. The first-order valence-electron chi connectivity index (χ1n) is 43.5. The van der Waals surface area contributed by atoms with Crippen LogP contribution in [0, 0.1) is 0 Å². The van der Waals surface area contributed by atoms with E-state index in [1.54, 1.807) is 0 Å². The maximum absolute atomic E-state index is 5.10. The minimum Gasteiger partial charge on any atom is -0.327 e. The van der Waals surface area contributed by atoms with Crippen molar-refractivity contribution in [3.8, 4) is 102 Å². The van der Waals surface area contributed by atoms with Crippen molar-refractivity contribution >= 4 is 152 Å². The fourth-order valence-electron chi connectivity index (χ4n) is 19.6. The zero-order chi connectivity index (χ0) is 85.0. The Bertz CT molecular complexity index is 8650. The molecule has 22 aromatic carbocycles. The Balaban J connectivity index is 0.000000109. The molecular formula is C119H79N9. The van der Waals surface area contributed by atoms with E-state index < -0.39 is 0 Å². The molecule has 0 spiro atoms. The zero-order valence-corrected chi connectivity index (χ0v) is 70.4. The molecule has 600 valence electrons. The Morgan fingerprint density at radius 1 is 0.141 bits per heavy atom. The third-order valence-electron chi connectivity index (χ3n) is 26.0. The molecule has 26 rings (SSSR count). The lowest BCUT2D eigenvalue weighted by Gasteiger charge is -2.14. The van der Waals surface area contributed by atoms with E-state index in [0.717, 1.165) is 94.7 Å². The molecule has 9 heteroatoms. The van der Waals surface area contributed by atoms with Crippen molar-refractivity contribution in [2.24, 2.45) is 21.1 Å². The number of hydrogen-bond acceptors (Lipinski definition) is 6. The average Bonchev–Trinajstić information content (AvgIpc) is 1.00. The fourth-order valence-corrected chi connectivity index (χ4v) is 19.6.